The summed E-state index contributed by atoms with van der Waals surface area (Å²) in [4.78, 5) is 11.8. The van der Waals surface area contributed by atoms with E-state index in [1.165, 1.54) is 8.61 Å². The molecule has 2 aliphatic heterocycles. The van der Waals surface area contributed by atoms with Crippen molar-refractivity contribution in [2.24, 2.45) is 0 Å². The van der Waals surface area contributed by atoms with Crippen molar-refractivity contribution in [3.8, 4) is 0 Å². The molecular weight excluding hydrogens is 270 g/mol. The predicted octanol–water partition coefficient (Wildman–Crippen LogP) is -0.838. The lowest BCUT2D eigenvalue weighted by Gasteiger charge is -2.37. The number of nitrogens with one attached hydrogen (secondary N) is 1. The fraction of sp³-hybridized carbons (Fsp3) is 0.909. The highest BCUT2D eigenvalue weighted by molar-refractivity contribution is 7.86. The first-order valence-electron chi connectivity index (χ1n) is 6.60. The summed E-state index contributed by atoms with van der Waals surface area (Å²) in [5.74, 6) is -0.441. The maximum absolute atomic E-state index is 12.5. The topological polar surface area (TPSA) is 79.0 Å². The van der Waals surface area contributed by atoms with Gasteiger partial charge in [-0.2, -0.15) is 17.0 Å². The highest BCUT2D eigenvalue weighted by atomic mass is 32.2. The van der Waals surface area contributed by atoms with Gasteiger partial charge >= 0.3 is 5.97 Å². The Bertz CT molecular complexity index is 435. The summed E-state index contributed by atoms with van der Waals surface area (Å²) in [5.41, 5.74) is 0. The number of nitrogens with zero attached hydrogens (tertiary/aromatic N) is 2. The number of carbonyl (C=O) groups is 1. The van der Waals surface area contributed by atoms with E-state index < -0.39 is 22.2 Å². The Morgan fingerprint density at radius 3 is 2.68 bits per heavy atom. The van der Waals surface area contributed by atoms with E-state index in [4.69, 9.17) is 4.74 Å². The van der Waals surface area contributed by atoms with Crippen LogP contribution in [0.5, 0.6) is 0 Å². The van der Waals surface area contributed by atoms with Gasteiger partial charge in [-0.25, -0.2) is 0 Å². The third kappa shape index (κ3) is 2.76. The minimum absolute atomic E-state index is 0.0200. The average Bonchev–Trinajstić information content (AvgIpc) is 2.76. The molecule has 110 valence electrons. The number of hydrogen-bond donors (Lipinski definition) is 1. The van der Waals surface area contributed by atoms with Crippen molar-refractivity contribution in [3.05, 3.63) is 0 Å². The van der Waals surface area contributed by atoms with Crippen LogP contribution in [0.15, 0.2) is 0 Å². The maximum Gasteiger partial charge on any atom is 0.324 e. The molecule has 1 N–H and O–H groups in total. The van der Waals surface area contributed by atoms with E-state index in [0.29, 0.717) is 32.5 Å². The van der Waals surface area contributed by atoms with Gasteiger partial charge in [0.05, 0.1) is 12.6 Å². The first-order chi connectivity index (χ1) is 8.98. The Kier molecular flexibility index (Phi) is 4.44. The summed E-state index contributed by atoms with van der Waals surface area (Å²) in [6.45, 7) is 3.70. The molecule has 2 aliphatic rings. The smallest absolute Gasteiger partial charge is 0.324 e. The monoisotopic (exact) mass is 291 g/mol. The van der Waals surface area contributed by atoms with Gasteiger partial charge in [0.2, 0.25) is 0 Å². The fourth-order valence-corrected chi connectivity index (χ4v) is 4.10. The van der Waals surface area contributed by atoms with Crippen LogP contribution in [0.3, 0.4) is 0 Å². The molecule has 1 atom stereocenters. The SMILES string of the molecule is CCOC(=O)C1CCCN1S(=O)(=O)N(C)C1CNC1. The van der Waals surface area contributed by atoms with Crippen LogP contribution in [-0.4, -0.2) is 68.4 Å². The van der Waals surface area contributed by atoms with E-state index >= 15 is 0 Å². The van der Waals surface area contributed by atoms with Crippen LogP contribution in [0.4, 0.5) is 0 Å². The number of ether oxygens (including phenoxy) is 1. The third-order valence-corrected chi connectivity index (χ3v) is 5.75. The van der Waals surface area contributed by atoms with E-state index in [2.05, 4.69) is 5.32 Å². The second-order valence-corrected chi connectivity index (χ2v) is 6.80. The largest absolute Gasteiger partial charge is 0.465 e. The van der Waals surface area contributed by atoms with Crippen molar-refractivity contribution in [1.29, 1.82) is 0 Å². The molecule has 7 nitrogen and oxygen atoms in total. The van der Waals surface area contributed by atoms with Gasteiger partial charge in [0.1, 0.15) is 6.04 Å². The summed E-state index contributed by atoms with van der Waals surface area (Å²) in [6, 6.07) is -0.686. The molecule has 2 heterocycles. The van der Waals surface area contributed by atoms with E-state index in [0.717, 1.165) is 0 Å². The summed E-state index contributed by atoms with van der Waals surface area (Å²) in [5, 5.41) is 3.04. The van der Waals surface area contributed by atoms with Crippen LogP contribution in [0, 0.1) is 0 Å². The Morgan fingerprint density at radius 1 is 1.47 bits per heavy atom. The molecule has 0 bridgehead atoms. The lowest BCUT2D eigenvalue weighted by atomic mass is 10.2. The summed E-state index contributed by atoms with van der Waals surface area (Å²) in [6.07, 6.45) is 1.23. The second-order valence-electron chi connectivity index (χ2n) is 4.86. The van der Waals surface area contributed by atoms with E-state index in [-0.39, 0.29) is 12.6 Å². The molecule has 2 rings (SSSR count). The highest BCUT2D eigenvalue weighted by Crippen LogP contribution is 2.25. The lowest BCUT2D eigenvalue weighted by Crippen LogP contribution is -2.60. The van der Waals surface area contributed by atoms with Crippen LogP contribution >= 0.6 is 0 Å². The summed E-state index contributed by atoms with van der Waals surface area (Å²) >= 11 is 0. The van der Waals surface area contributed by atoms with Gasteiger partial charge in [-0.15, -0.1) is 0 Å². The molecule has 0 aromatic carbocycles. The molecule has 1 unspecified atom stereocenters. The Morgan fingerprint density at radius 2 is 2.16 bits per heavy atom. The maximum atomic E-state index is 12.5. The molecule has 0 aromatic rings. The zero-order chi connectivity index (χ0) is 14.0. The van der Waals surface area contributed by atoms with Crippen LogP contribution in [0.1, 0.15) is 19.8 Å². The molecule has 19 heavy (non-hydrogen) atoms. The summed E-state index contributed by atoms with van der Waals surface area (Å²) in [7, 11) is -2.01. The quantitative estimate of drug-likeness (QED) is 0.668. The molecule has 0 radical (unpaired) electrons. The average molecular weight is 291 g/mol. The van der Waals surface area contributed by atoms with Crippen LogP contribution in [0.25, 0.3) is 0 Å². The standard InChI is InChI=1S/C11H21N3O4S/c1-3-18-11(15)10-5-4-6-14(10)19(16,17)13(2)9-7-12-8-9/h9-10,12H,3-8H2,1-2H3. The van der Waals surface area contributed by atoms with Gasteiger partial charge in [0.25, 0.3) is 10.2 Å². The van der Waals surface area contributed by atoms with Crippen molar-refractivity contribution >= 4 is 16.2 Å². The Balaban J connectivity index is 2.11. The van der Waals surface area contributed by atoms with Crippen LogP contribution < -0.4 is 5.32 Å². The highest BCUT2D eigenvalue weighted by Gasteiger charge is 2.43. The Labute approximate surface area is 114 Å². The van der Waals surface area contributed by atoms with Crippen LogP contribution in [-0.2, 0) is 19.7 Å². The van der Waals surface area contributed by atoms with Gasteiger partial charge in [-0.3, -0.25) is 4.79 Å². The molecule has 2 fully saturated rings. The van der Waals surface area contributed by atoms with Gasteiger partial charge in [-0.05, 0) is 19.8 Å². The van der Waals surface area contributed by atoms with Gasteiger partial charge in [0.15, 0.2) is 0 Å². The third-order valence-electron chi connectivity index (χ3n) is 3.70. The number of carbonyl (C=O) groups excluding carboxylic acids is 1. The number of esters is 1. The van der Waals surface area contributed by atoms with Crippen molar-refractivity contribution in [2.75, 3.05) is 33.3 Å². The number of rotatable bonds is 5. The molecule has 0 aliphatic carbocycles. The fourth-order valence-electron chi connectivity index (χ4n) is 2.37. The van der Waals surface area contributed by atoms with Crippen molar-refractivity contribution < 1.29 is 17.9 Å². The molecule has 2 saturated heterocycles. The molecule has 0 saturated carbocycles. The molecule has 0 amide bonds. The molecule has 0 aromatic heterocycles. The first-order valence-corrected chi connectivity index (χ1v) is 8.00. The molecule has 8 heteroatoms. The van der Waals surface area contributed by atoms with Crippen LogP contribution in [0.2, 0.25) is 0 Å². The normalized spacial score (nSPS) is 25.5. The summed E-state index contributed by atoms with van der Waals surface area (Å²) < 4.78 is 32.6. The second kappa shape index (κ2) is 5.74. The van der Waals surface area contributed by atoms with Gasteiger partial charge in [0, 0.05) is 26.7 Å². The number of hydrogen-bond acceptors (Lipinski definition) is 5. The minimum atomic E-state index is -3.59. The molecular formula is C11H21N3O4S. The minimum Gasteiger partial charge on any atom is -0.465 e. The predicted molar refractivity (Wildman–Crippen MR) is 69.7 cm³/mol. The van der Waals surface area contributed by atoms with Gasteiger partial charge in [-0.1, -0.05) is 0 Å². The van der Waals surface area contributed by atoms with E-state index in [1.54, 1.807) is 14.0 Å². The van der Waals surface area contributed by atoms with Crippen molar-refractivity contribution in [1.82, 2.24) is 13.9 Å². The van der Waals surface area contributed by atoms with Gasteiger partial charge < -0.3 is 10.1 Å². The first kappa shape index (κ1) is 14.7. The zero-order valence-corrected chi connectivity index (χ0v) is 12.1. The zero-order valence-electron chi connectivity index (χ0n) is 11.3. The lowest BCUT2D eigenvalue weighted by molar-refractivity contribution is -0.146. The van der Waals surface area contributed by atoms with Crippen molar-refractivity contribution in [3.63, 3.8) is 0 Å². The number of likely N-dealkylation sites (N-methyl/N-ethyl adjacent to an activating group) is 1. The molecule has 0 spiro atoms. The van der Waals surface area contributed by atoms with Crippen molar-refractivity contribution in [2.45, 2.75) is 31.8 Å². The van der Waals surface area contributed by atoms with E-state index in [9.17, 15) is 13.2 Å². The van der Waals surface area contributed by atoms with E-state index in [1.807, 2.05) is 0 Å². The Hall–Kier alpha value is -0.700.